The van der Waals surface area contributed by atoms with Crippen molar-refractivity contribution in [3.63, 3.8) is 0 Å². The van der Waals surface area contributed by atoms with Crippen LogP contribution in [0.25, 0.3) is 115 Å². The molecule has 0 radical (unpaired) electrons. The second kappa shape index (κ2) is 14.9. The van der Waals surface area contributed by atoms with Gasteiger partial charge >= 0.3 is 0 Å². The standard InChI is InChI=1S/C57H36N4S/c1-4-18-37(19-5-1)40-34-41(38-20-6-2-7-21-38)36-42(35-40)56-58-55(39-22-8-3-9-23-39)59-57(60-56)47-28-17-33-52-54(47)53-46(27-16-32-51(53)62-52)45-26-12-15-31-50(45)61-48-29-13-10-24-43(48)44-25-11-14-30-49(44)61/h1-36H. The number of benzene rings is 9. The van der Waals surface area contributed by atoms with Crippen LogP contribution in [-0.2, 0) is 0 Å². The van der Waals surface area contributed by atoms with Crippen LogP contribution in [0.1, 0.15) is 0 Å². The van der Waals surface area contributed by atoms with E-state index < -0.39 is 0 Å². The molecule has 0 bridgehead atoms. The van der Waals surface area contributed by atoms with Crippen molar-refractivity contribution in [1.82, 2.24) is 19.5 Å². The minimum Gasteiger partial charge on any atom is -0.309 e. The molecule has 0 fully saturated rings. The summed E-state index contributed by atoms with van der Waals surface area (Å²) in [4.78, 5) is 15.9. The first-order valence-corrected chi connectivity index (χ1v) is 21.7. The average molecular weight is 809 g/mol. The molecule has 9 aromatic carbocycles. The Morgan fingerprint density at radius 3 is 1.35 bits per heavy atom. The number of nitrogens with zero attached hydrogens (tertiary/aromatic N) is 4. The highest BCUT2D eigenvalue weighted by Crippen LogP contribution is 2.46. The van der Waals surface area contributed by atoms with Gasteiger partial charge in [0.05, 0.1) is 16.7 Å². The molecule has 3 heterocycles. The van der Waals surface area contributed by atoms with Crippen molar-refractivity contribution in [2.75, 3.05) is 0 Å². The predicted molar refractivity (Wildman–Crippen MR) is 260 cm³/mol. The van der Waals surface area contributed by atoms with E-state index in [1.807, 2.05) is 29.5 Å². The van der Waals surface area contributed by atoms with Crippen LogP contribution < -0.4 is 0 Å². The van der Waals surface area contributed by atoms with E-state index in [2.05, 4.69) is 205 Å². The van der Waals surface area contributed by atoms with E-state index >= 15 is 0 Å². The summed E-state index contributed by atoms with van der Waals surface area (Å²) in [5.74, 6) is 1.89. The molecule has 0 saturated heterocycles. The van der Waals surface area contributed by atoms with Crippen LogP contribution in [0.2, 0.25) is 0 Å². The topological polar surface area (TPSA) is 43.6 Å². The zero-order valence-electron chi connectivity index (χ0n) is 33.5. The minimum absolute atomic E-state index is 0.622. The molecule has 0 aliphatic rings. The van der Waals surface area contributed by atoms with E-state index in [9.17, 15) is 0 Å². The van der Waals surface area contributed by atoms with Crippen LogP contribution in [-0.4, -0.2) is 19.5 Å². The summed E-state index contributed by atoms with van der Waals surface area (Å²) < 4.78 is 4.81. The number of para-hydroxylation sites is 3. The molecule has 0 aliphatic heterocycles. The Hall–Kier alpha value is -7.99. The van der Waals surface area contributed by atoms with Gasteiger partial charge in [0.15, 0.2) is 17.5 Å². The quantitative estimate of drug-likeness (QED) is 0.161. The van der Waals surface area contributed by atoms with Crippen molar-refractivity contribution in [3.8, 4) is 73.2 Å². The van der Waals surface area contributed by atoms with Gasteiger partial charge in [-0.25, -0.2) is 15.0 Å². The first kappa shape index (κ1) is 35.9. The number of hydrogen-bond acceptors (Lipinski definition) is 4. The van der Waals surface area contributed by atoms with Gasteiger partial charge in [0.1, 0.15) is 0 Å². The molecule has 62 heavy (non-hydrogen) atoms. The molecule has 0 aliphatic carbocycles. The number of fused-ring (bicyclic) bond motifs is 6. The maximum absolute atomic E-state index is 5.41. The largest absolute Gasteiger partial charge is 0.309 e. The fraction of sp³-hybridized carbons (Fsp3) is 0. The summed E-state index contributed by atoms with van der Waals surface area (Å²) in [5, 5.41) is 4.81. The van der Waals surface area contributed by atoms with Gasteiger partial charge in [-0.05, 0) is 76.3 Å². The first-order chi connectivity index (χ1) is 30.7. The van der Waals surface area contributed by atoms with Crippen LogP contribution in [0.3, 0.4) is 0 Å². The van der Waals surface area contributed by atoms with Gasteiger partial charge in [-0.2, -0.15) is 0 Å². The fourth-order valence-electron chi connectivity index (χ4n) is 9.05. The molecule has 12 rings (SSSR count). The molecule has 290 valence electrons. The summed E-state index contributed by atoms with van der Waals surface area (Å²) in [6, 6.07) is 77.4. The van der Waals surface area contributed by atoms with Crippen molar-refractivity contribution in [1.29, 1.82) is 0 Å². The minimum atomic E-state index is 0.622. The highest BCUT2D eigenvalue weighted by atomic mass is 32.1. The second-order valence-corrected chi connectivity index (χ2v) is 16.6. The van der Waals surface area contributed by atoms with Crippen molar-refractivity contribution < 1.29 is 0 Å². The molecule has 0 spiro atoms. The van der Waals surface area contributed by atoms with Crippen LogP contribution in [0.5, 0.6) is 0 Å². The second-order valence-electron chi connectivity index (χ2n) is 15.5. The Morgan fingerprint density at radius 2 is 0.742 bits per heavy atom. The van der Waals surface area contributed by atoms with E-state index in [0.717, 1.165) is 55.6 Å². The Kier molecular flexibility index (Phi) is 8.65. The lowest BCUT2D eigenvalue weighted by atomic mass is 9.95. The van der Waals surface area contributed by atoms with Crippen molar-refractivity contribution in [3.05, 3.63) is 218 Å². The van der Waals surface area contributed by atoms with Crippen molar-refractivity contribution in [2.24, 2.45) is 0 Å². The van der Waals surface area contributed by atoms with Gasteiger partial charge in [0, 0.05) is 53.2 Å². The Balaban J connectivity index is 1.11. The number of aromatic nitrogens is 4. The summed E-state index contributed by atoms with van der Waals surface area (Å²) in [7, 11) is 0. The van der Waals surface area contributed by atoms with Gasteiger partial charge in [0.2, 0.25) is 0 Å². The highest BCUT2D eigenvalue weighted by Gasteiger charge is 2.22. The van der Waals surface area contributed by atoms with Gasteiger partial charge in [-0.1, -0.05) is 170 Å². The summed E-state index contributed by atoms with van der Waals surface area (Å²) in [6.45, 7) is 0. The maximum Gasteiger partial charge on any atom is 0.164 e. The average Bonchev–Trinajstić information content (AvgIpc) is 3.91. The third-order valence-corrected chi connectivity index (χ3v) is 13.0. The zero-order chi connectivity index (χ0) is 41.0. The zero-order valence-corrected chi connectivity index (χ0v) is 34.3. The van der Waals surface area contributed by atoms with Crippen LogP contribution >= 0.6 is 11.3 Å². The van der Waals surface area contributed by atoms with Crippen LogP contribution in [0.15, 0.2) is 218 Å². The van der Waals surface area contributed by atoms with Gasteiger partial charge in [0.25, 0.3) is 0 Å². The third-order valence-electron chi connectivity index (χ3n) is 11.9. The van der Waals surface area contributed by atoms with Gasteiger partial charge < -0.3 is 4.57 Å². The lowest BCUT2D eigenvalue weighted by Crippen LogP contribution is -2.01. The third kappa shape index (κ3) is 6.09. The molecule has 0 N–H and O–H groups in total. The molecule has 3 aromatic heterocycles. The molecule has 4 nitrogen and oxygen atoms in total. The molecule has 12 aromatic rings. The maximum atomic E-state index is 5.41. The summed E-state index contributed by atoms with van der Waals surface area (Å²) in [5.41, 5.74) is 13.1. The Labute approximate surface area is 362 Å². The van der Waals surface area contributed by atoms with Gasteiger partial charge in [-0.15, -0.1) is 11.3 Å². The molecule has 0 atom stereocenters. The normalized spacial score (nSPS) is 11.5. The Bertz CT molecular complexity index is 3520. The van der Waals surface area contributed by atoms with Gasteiger partial charge in [-0.3, -0.25) is 0 Å². The molecule has 0 unspecified atom stereocenters. The lowest BCUT2D eigenvalue weighted by Gasteiger charge is -2.16. The van der Waals surface area contributed by atoms with E-state index in [-0.39, 0.29) is 0 Å². The van der Waals surface area contributed by atoms with Crippen LogP contribution in [0, 0.1) is 0 Å². The van der Waals surface area contributed by atoms with Crippen molar-refractivity contribution in [2.45, 2.75) is 0 Å². The Morgan fingerprint density at radius 1 is 0.306 bits per heavy atom. The SMILES string of the molecule is c1ccc(-c2cc(-c3ccccc3)cc(-c3nc(-c4ccccc4)nc(-c4cccc5sc6cccc(-c7ccccc7-n7c8ccccc8c8ccccc87)c6c45)n3)c2)cc1. The molecular weight excluding hydrogens is 773 g/mol. The van der Waals surface area contributed by atoms with Crippen LogP contribution in [0.4, 0.5) is 0 Å². The van der Waals surface area contributed by atoms with E-state index in [4.69, 9.17) is 15.0 Å². The number of rotatable bonds is 7. The van der Waals surface area contributed by atoms with Crippen molar-refractivity contribution >= 4 is 53.3 Å². The highest BCUT2D eigenvalue weighted by molar-refractivity contribution is 7.26. The number of thiophene rings is 1. The predicted octanol–water partition coefficient (Wildman–Crippen LogP) is 15.3. The molecular formula is C57H36N4S. The van der Waals surface area contributed by atoms with E-state index in [1.54, 1.807) is 0 Å². The summed E-state index contributed by atoms with van der Waals surface area (Å²) in [6.07, 6.45) is 0. The fourth-order valence-corrected chi connectivity index (χ4v) is 10.2. The molecule has 0 amide bonds. The van der Waals surface area contributed by atoms with E-state index in [1.165, 1.54) is 42.2 Å². The first-order valence-electron chi connectivity index (χ1n) is 20.9. The number of hydrogen-bond donors (Lipinski definition) is 0. The van der Waals surface area contributed by atoms with E-state index in [0.29, 0.717) is 17.5 Å². The lowest BCUT2D eigenvalue weighted by molar-refractivity contribution is 1.08. The monoisotopic (exact) mass is 808 g/mol. The molecule has 5 heteroatoms. The molecule has 0 saturated carbocycles. The smallest absolute Gasteiger partial charge is 0.164 e. The summed E-state index contributed by atoms with van der Waals surface area (Å²) >= 11 is 1.81.